The number of nitrogens with one attached hydrogen (secondary N) is 1. The van der Waals surface area contributed by atoms with Gasteiger partial charge in [0.25, 0.3) is 0 Å². The van der Waals surface area contributed by atoms with Gasteiger partial charge in [-0.05, 0) is 55.5 Å². The molecule has 4 nitrogen and oxygen atoms in total. The first kappa shape index (κ1) is 20.6. The number of hydrogen-bond acceptors (Lipinski definition) is 2. The Hall–Kier alpha value is -2.14. The van der Waals surface area contributed by atoms with E-state index in [2.05, 4.69) is 21.2 Å². The maximum absolute atomic E-state index is 13.4. The van der Waals surface area contributed by atoms with Crippen molar-refractivity contribution in [2.45, 2.75) is 44.9 Å². The highest BCUT2D eigenvalue weighted by Gasteiger charge is 2.44. The smallest absolute Gasteiger partial charge is 0.243 e. The molecule has 3 rings (SSSR count). The molecule has 0 spiro atoms. The van der Waals surface area contributed by atoms with Crippen molar-refractivity contribution in [3.8, 4) is 0 Å². The van der Waals surface area contributed by atoms with Gasteiger partial charge in [0.15, 0.2) is 0 Å². The predicted octanol–water partition coefficient (Wildman–Crippen LogP) is 4.97. The first-order valence-corrected chi connectivity index (χ1v) is 10.5. The standard InChI is InChI=1S/C23H27BrN2O2/c1-16-8-6-9-17(2)21(16)25-20(27)15-26(3)22(28)23(12-4-5-13-23)18-10-7-11-19(24)14-18/h6-11,14H,4-5,12-13,15H2,1-3H3,(H,25,27). The van der Waals surface area contributed by atoms with Crippen LogP contribution >= 0.6 is 15.9 Å². The van der Waals surface area contributed by atoms with E-state index < -0.39 is 5.41 Å². The van der Waals surface area contributed by atoms with Gasteiger partial charge in [-0.15, -0.1) is 0 Å². The van der Waals surface area contributed by atoms with Crippen molar-refractivity contribution in [1.29, 1.82) is 0 Å². The number of benzene rings is 2. The van der Waals surface area contributed by atoms with Crippen molar-refractivity contribution in [2.75, 3.05) is 18.9 Å². The maximum atomic E-state index is 13.4. The van der Waals surface area contributed by atoms with E-state index in [-0.39, 0.29) is 18.4 Å². The lowest BCUT2D eigenvalue weighted by Crippen LogP contribution is -2.46. The lowest BCUT2D eigenvalue weighted by molar-refractivity contribution is -0.138. The van der Waals surface area contributed by atoms with Crippen LogP contribution in [0, 0.1) is 13.8 Å². The maximum Gasteiger partial charge on any atom is 0.243 e. The van der Waals surface area contributed by atoms with Crippen LogP contribution in [0.25, 0.3) is 0 Å². The fourth-order valence-corrected chi connectivity index (χ4v) is 4.63. The molecule has 0 saturated heterocycles. The number of halogens is 1. The van der Waals surface area contributed by atoms with Gasteiger partial charge >= 0.3 is 0 Å². The monoisotopic (exact) mass is 442 g/mol. The summed E-state index contributed by atoms with van der Waals surface area (Å²) in [4.78, 5) is 27.6. The largest absolute Gasteiger partial charge is 0.336 e. The molecule has 1 aliphatic carbocycles. The van der Waals surface area contributed by atoms with Gasteiger partial charge in [0.1, 0.15) is 0 Å². The summed E-state index contributed by atoms with van der Waals surface area (Å²) in [6, 6.07) is 13.9. The second-order valence-electron chi connectivity index (χ2n) is 7.78. The summed E-state index contributed by atoms with van der Waals surface area (Å²) in [7, 11) is 1.73. The topological polar surface area (TPSA) is 49.4 Å². The molecule has 0 aliphatic heterocycles. The van der Waals surface area contributed by atoms with Crippen molar-refractivity contribution < 1.29 is 9.59 Å². The van der Waals surface area contributed by atoms with Crippen molar-refractivity contribution >= 4 is 33.4 Å². The van der Waals surface area contributed by atoms with Crippen LogP contribution in [-0.4, -0.2) is 30.3 Å². The van der Waals surface area contributed by atoms with Crippen molar-refractivity contribution in [3.63, 3.8) is 0 Å². The van der Waals surface area contributed by atoms with E-state index >= 15 is 0 Å². The highest BCUT2D eigenvalue weighted by Crippen LogP contribution is 2.43. The summed E-state index contributed by atoms with van der Waals surface area (Å²) in [5.74, 6) is -0.143. The molecule has 0 atom stereocenters. The van der Waals surface area contributed by atoms with E-state index in [0.29, 0.717) is 0 Å². The van der Waals surface area contributed by atoms with Crippen LogP contribution in [-0.2, 0) is 15.0 Å². The summed E-state index contributed by atoms with van der Waals surface area (Å²) in [6.45, 7) is 3.99. The Labute approximate surface area is 175 Å². The Morgan fingerprint density at radius 1 is 1.07 bits per heavy atom. The Bertz CT molecular complexity index is 868. The lowest BCUT2D eigenvalue weighted by atomic mass is 9.77. The average Bonchev–Trinajstić information content (AvgIpc) is 3.15. The van der Waals surface area contributed by atoms with Gasteiger partial charge < -0.3 is 10.2 Å². The number of likely N-dealkylation sites (N-methyl/N-ethyl adjacent to an activating group) is 1. The number of amides is 2. The minimum absolute atomic E-state index is 0.0276. The molecule has 0 unspecified atom stereocenters. The molecule has 0 aromatic heterocycles. The minimum Gasteiger partial charge on any atom is -0.336 e. The molecular formula is C23H27BrN2O2. The molecule has 2 aromatic rings. The van der Waals surface area contributed by atoms with E-state index in [1.54, 1.807) is 11.9 Å². The Morgan fingerprint density at radius 2 is 1.68 bits per heavy atom. The van der Waals surface area contributed by atoms with Gasteiger partial charge in [-0.1, -0.05) is 59.1 Å². The van der Waals surface area contributed by atoms with Gasteiger partial charge in [0.2, 0.25) is 11.8 Å². The second-order valence-corrected chi connectivity index (χ2v) is 8.69. The molecule has 2 aromatic carbocycles. The number of nitrogens with zero attached hydrogens (tertiary/aromatic N) is 1. The van der Waals surface area contributed by atoms with E-state index in [4.69, 9.17) is 0 Å². The molecule has 1 fully saturated rings. The Morgan fingerprint density at radius 3 is 2.29 bits per heavy atom. The number of aryl methyl sites for hydroxylation is 2. The number of anilines is 1. The third-order valence-electron chi connectivity index (χ3n) is 5.72. The number of hydrogen-bond donors (Lipinski definition) is 1. The molecular weight excluding hydrogens is 416 g/mol. The van der Waals surface area contributed by atoms with E-state index in [1.165, 1.54) is 0 Å². The van der Waals surface area contributed by atoms with Gasteiger partial charge in [-0.2, -0.15) is 0 Å². The van der Waals surface area contributed by atoms with Crippen LogP contribution in [0.4, 0.5) is 5.69 Å². The summed E-state index contributed by atoms with van der Waals surface area (Å²) in [6.07, 6.45) is 3.71. The SMILES string of the molecule is Cc1cccc(C)c1NC(=O)CN(C)C(=O)C1(c2cccc(Br)c2)CCCC1. The molecule has 1 N–H and O–H groups in total. The van der Waals surface area contributed by atoms with Crippen molar-refractivity contribution in [3.05, 3.63) is 63.6 Å². The van der Waals surface area contributed by atoms with Crippen LogP contribution < -0.4 is 5.32 Å². The van der Waals surface area contributed by atoms with Gasteiger partial charge in [-0.25, -0.2) is 0 Å². The second kappa shape index (κ2) is 8.48. The molecule has 28 heavy (non-hydrogen) atoms. The summed E-state index contributed by atoms with van der Waals surface area (Å²) in [5, 5.41) is 2.98. The molecule has 148 valence electrons. The Balaban J connectivity index is 1.76. The molecule has 0 heterocycles. The number of carbonyl (C=O) groups is 2. The number of para-hydroxylation sites is 1. The van der Waals surface area contributed by atoms with Crippen LogP contribution in [0.5, 0.6) is 0 Å². The van der Waals surface area contributed by atoms with Gasteiger partial charge in [0.05, 0.1) is 12.0 Å². The number of rotatable bonds is 5. The number of carbonyl (C=O) groups excluding carboxylic acids is 2. The molecule has 0 bridgehead atoms. The van der Waals surface area contributed by atoms with Crippen LogP contribution in [0.1, 0.15) is 42.4 Å². The van der Waals surface area contributed by atoms with Crippen LogP contribution in [0.2, 0.25) is 0 Å². The van der Waals surface area contributed by atoms with E-state index in [0.717, 1.165) is 52.5 Å². The first-order chi connectivity index (χ1) is 13.3. The normalized spacial score (nSPS) is 15.3. The summed E-state index contributed by atoms with van der Waals surface area (Å²) >= 11 is 3.52. The van der Waals surface area contributed by atoms with Crippen LogP contribution in [0.3, 0.4) is 0 Å². The van der Waals surface area contributed by atoms with Crippen molar-refractivity contribution in [1.82, 2.24) is 4.90 Å². The van der Waals surface area contributed by atoms with E-state index in [1.807, 2.05) is 56.3 Å². The first-order valence-electron chi connectivity index (χ1n) is 9.71. The quantitative estimate of drug-likeness (QED) is 0.709. The highest BCUT2D eigenvalue weighted by atomic mass is 79.9. The lowest BCUT2D eigenvalue weighted by Gasteiger charge is -2.33. The minimum atomic E-state index is -0.530. The zero-order valence-corrected chi connectivity index (χ0v) is 18.3. The fraction of sp³-hybridized carbons (Fsp3) is 0.391. The summed E-state index contributed by atoms with van der Waals surface area (Å²) in [5.41, 5.74) is 3.37. The molecule has 5 heteroatoms. The molecule has 2 amide bonds. The average molecular weight is 443 g/mol. The van der Waals surface area contributed by atoms with E-state index in [9.17, 15) is 9.59 Å². The highest BCUT2D eigenvalue weighted by molar-refractivity contribution is 9.10. The fourth-order valence-electron chi connectivity index (χ4n) is 4.23. The molecule has 1 saturated carbocycles. The zero-order chi connectivity index (χ0) is 20.3. The van der Waals surface area contributed by atoms with Gasteiger partial charge in [0, 0.05) is 17.2 Å². The third kappa shape index (κ3) is 4.14. The predicted molar refractivity (Wildman–Crippen MR) is 116 cm³/mol. The zero-order valence-electron chi connectivity index (χ0n) is 16.7. The molecule has 0 radical (unpaired) electrons. The van der Waals surface area contributed by atoms with Crippen LogP contribution in [0.15, 0.2) is 46.9 Å². The van der Waals surface area contributed by atoms with Gasteiger partial charge in [-0.3, -0.25) is 9.59 Å². The third-order valence-corrected chi connectivity index (χ3v) is 6.21. The Kier molecular flexibility index (Phi) is 6.23. The summed E-state index contributed by atoms with van der Waals surface area (Å²) < 4.78 is 0.972. The molecule has 1 aliphatic rings. The van der Waals surface area contributed by atoms with Crippen molar-refractivity contribution in [2.24, 2.45) is 0 Å².